The van der Waals surface area contributed by atoms with Crippen molar-refractivity contribution in [3.63, 3.8) is 0 Å². The Balaban J connectivity index is 1.96. The van der Waals surface area contributed by atoms with Crippen molar-refractivity contribution < 1.29 is 0 Å². The number of likely N-dealkylation sites (tertiary alicyclic amines) is 1. The van der Waals surface area contributed by atoms with Gasteiger partial charge in [-0.1, -0.05) is 6.92 Å². The lowest BCUT2D eigenvalue weighted by atomic mass is 9.92. The Labute approximate surface area is 87.8 Å². The molecule has 1 aliphatic heterocycles. The number of hydrogen-bond donors (Lipinski definition) is 1. The predicted molar refractivity (Wildman–Crippen MR) is 60.2 cm³/mol. The quantitative estimate of drug-likeness (QED) is 0.732. The molecule has 82 valence electrons. The highest BCUT2D eigenvalue weighted by molar-refractivity contribution is 4.99. The van der Waals surface area contributed by atoms with E-state index >= 15 is 0 Å². The van der Waals surface area contributed by atoms with E-state index in [-0.39, 0.29) is 0 Å². The Morgan fingerprint density at radius 3 is 2.57 bits per heavy atom. The normalized spacial score (nSPS) is 39.4. The van der Waals surface area contributed by atoms with Gasteiger partial charge in [0, 0.05) is 24.7 Å². The molecule has 2 rings (SSSR count). The van der Waals surface area contributed by atoms with E-state index in [9.17, 15) is 0 Å². The van der Waals surface area contributed by atoms with Crippen LogP contribution in [0.1, 0.15) is 46.5 Å². The third-order valence-electron chi connectivity index (χ3n) is 4.51. The van der Waals surface area contributed by atoms with E-state index in [1.54, 1.807) is 0 Å². The Bertz CT molecular complexity index is 210. The summed E-state index contributed by atoms with van der Waals surface area (Å²) in [5.41, 5.74) is 6.61. The number of hydrogen-bond acceptors (Lipinski definition) is 2. The summed E-state index contributed by atoms with van der Waals surface area (Å²) in [4.78, 5) is 2.68. The van der Waals surface area contributed by atoms with Gasteiger partial charge in [-0.2, -0.15) is 0 Å². The van der Waals surface area contributed by atoms with Crippen molar-refractivity contribution in [2.75, 3.05) is 6.54 Å². The van der Waals surface area contributed by atoms with Crippen molar-refractivity contribution >= 4 is 0 Å². The molecule has 1 saturated carbocycles. The predicted octanol–water partition coefficient (Wildman–Crippen LogP) is 1.99. The van der Waals surface area contributed by atoms with Crippen molar-refractivity contribution in [1.82, 2.24) is 4.90 Å². The molecule has 0 aromatic heterocycles. The molecule has 0 aromatic carbocycles. The van der Waals surface area contributed by atoms with Gasteiger partial charge < -0.3 is 5.73 Å². The fraction of sp³-hybridized carbons (Fsp3) is 1.00. The summed E-state index contributed by atoms with van der Waals surface area (Å²) in [7, 11) is 0. The molecular weight excluding hydrogens is 172 g/mol. The van der Waals surface area contributed by atoms with Crippen LogP contribution < -0.4 is 5.73 Å². The van der Waals surface area contributed by atoms with Crippen LogP contribution in [0.15, 0.2) is 0 Å². The second kappa shape index (κ2) is 3.49. The second-order valence-corrected chi connectivity index (χ2v) is 5.70. The molecule has 3 unspecified atom stereocenters. The van der Waals surface area contributed by atoms with Gasteiger partial charge in [0.25, 0.3) is 0 Å². The van der Waals surface area contributed by atoms with E-state index in [2.05, 4.69) is 25.7 Å². The van der Waals surface area contributed by atoms with Gasteiger partial charge in [-0.25, -0.2) is 0 Å². The molecule has 3 atom stereocenters. The SMILES string of the molecule is CC1CC(N)CCN1C(C)C1(C)CC1. The first-order valence-electron chi connectivity index (χ1n) is 6.04. The third kappa shape index (κ3) is 1.82. The number of nitrogens with two attached hydrogens (primary N) is 1. The van der Waals surface area contributed by atoms with E-state index in [0.29, 0.717) is 17.5 Å². The molecule has 1 saturated heterocycles. The highest BCUT2D eigenvalue weighted by Gasteiger charge is 2.46. The monoisotopic (exact) mass is 196 g/mol. The smallest absolute Gasteiger partial charge is 0.0124 e. The molecule has 0 spiro atoms. The highest BCUT2D eigenvalue weighted by atomic mass is 15.2. The summed E-state index contributed by atoms with van der Waals surface area (Å²) in [6, 6.07) is 1.89. The molecule has 0 radical (unpaired) electrons. The zero-order valence-electron chi connectivity index (χ0n) is 9.79. The minimum Gasteiger partial charge on any atom is -0.328 e. The maximum absolute atomic E-state index is 5.99. The Morgan fingerprint density at radius 1 is 1.43 bits per heavy atom. The van der Waals surface area contributed by atoms with Crippen LogP contribution in [0.4, 0.5) is 0 Å². The number of nitrogens with zero attached hydrogens (tertiary/aromatic N) is 1. The van der Waals surface area contributed by atoms with Crippen molar-refractivity contribution in [2.45, 2.75) is 64.6 Å². The first kappa shape index (κ1) is 10.4. The topological polar surface area (TPSA) is 29.3 Å². The van der Waals surface area contributed by atoms with E-state index in [0.717, 1.165) is 6.04 Å². The van der Waals surface area contributed by atoms with Crippen LogP contribution in [0.25, 0.3) is 0 Å². The maximum atomic E-state index is 5.99. The zero-order chi connectivity index (χ0) is 10.3. The van der Waals surface area contributed by atoms with Crippen LogP contribution in [0.5, 0.6) is 0 Å². The summed E-state index contributed by atoms with van der Waals surface area (Å²) >= 11 is 0. The molecule has 2 aliphatic rings. The molecule has 1 aliphatic carbocycles. The molecule has 0 aromatic rings. The minimum atomic E-state index is 0.445. The second-order valence-electron chi connectivity index (χ2n) is 5.70. The van der Waals surface area contributed by atoms with Crippen LogP contribution in [-0.2, 0) is 0 Å². The van der Waals surface area contributed by atoms with Gasteiger partial charge in [0.1, 0.15) is 0 Å². The fourth-order valence-corrected chi connectivity index (χ4v) is 2.82. The van der Waals surface area contributed by atoms with Crippen LogP contribution in [0, 0.1) is 5.41 Å². The van der Waals surface area contributed by atoms with E-state index in [1.807, 2.05) is 0 Å². The lowest BCUT2D eigenvalue weighted by molar-refractivity contribution is 0.0688. The van der Waals surface area contributed by atoms with E-state index in [4.69, 9.17) is 5.73 Å². The number of piperidine rings is 1. The van der Waals surface area contributed by atoms with Crippen molar-refractivity contribution in [1.29, 1.82) is 0 Å². The van der Waals surface area contributed by atoms with Crippen LogP contribution in [0.2, 0.25) is 0 Å². The van der Waals surface area contributed by atoms with Gasteiger partial charge in [-0.3, -0.25) is 4.90 Å². The van der Waals surface area contributed by atoms with Crippen LogP contribution in [0.3, 0.4) is 0 Å². The molecule has 2 N–H and O–H groups in total. The number of rotatable bonds is 2. The molecule has 0 amide bonds. The average molecular weight is 196 g/mol. The largest absolute Gasteiger partial charge is 0.328 e. The van der Waals surface area contributed by atoms with Gasteiger partial charge in [0.05, 0.1) is 0 Å². The van der Waals surface area contributed by atoms with Gasteiger partial charge in [-0.15, -0.1) is 0 Å². The van der Waals surface area contributed by atoms with Gasteiger partial charge >= 0.3 is 0 Å². The molecule has 14 heavy (non-hydrogen) atoms. The van der Waals surface area contributed by atoms with Crippen LogP contribution in [-0.4, -0.2) is 29.6 Å². The summed E-state index contributed by atoms with van der Waals surface area (Å²) in [6.45, 7) is 8.37. The van der Waals surface area contributed by atoms with Gasteiger partial charge in [0.15, 0.2) is 0 Å². The minimum absolute atomic E-state index is 0.445. The zero-order valence-corrected chi connectivity index (χ0v) is 9.79. The third-order valence-corrected chi connectivity index (χ3v) is 4.51. The molecule has 2 nitrogen and oxygen atoms in total. The average Bonchev–Trinajstić information content (AvgIpc) is 2.84. The first-order chi connectivity index (χ1) is 6.53. The Morgan fingerprint density at radius 2 is 2.07 bits per heavy atom. The molecule has 0 bridgehead atoms. The Kier molecular flexibility index (Phi) is 2.61. The fourth-order valence-electron chi connectivity index (χ4n) is 2.82. The summed E-state index contributed by atoms with van der Waals surface area (Å²) in [5.74, 6) is 0. The summed E-state index contributed by atoms with van der Waals surface area (Å²) in [6.07, 6.45) is 5.21. The molecule has 2 heteroatoms. The standard InChI is InChI=1S/C12H24N2/c1-9-8-11(13)4-7-14(9)10(2)12(3)5-6-12/h9-11H,4-8,13H2,1-3H3. The van der Waals surface area contributed by atoms with E-state index < -0.39 is 0 Å². The van der Waals surface area contributed by atoms with Crippen molar-refractivity contribution in [3.05, 3.63) is 0 Å². The van der Waals surface area contributed by atoms with Crippen molar-refractivity contribution in [3.8, 4) is 0 Å². The van der Waals surface area contributed by atoms with Crippen molar-refractivity contribution in [2.24, 2.45) is 11.1 Å². The van der Waals surface area contributed by atoms with Gasteiger partial charge in [-0.05, 0) is 44.9 Å². The molecule has 1 heterocycles. The lowest BCUT2D eigenvalue weighted by Crippen LogP contribution is -2.51. The molecular formula is C12H24N2. The van der Waals surface area contributed by atoms with Gasteiger partial charge in [0.2, 0.25) is 0 Å². The lowest BCUT2D eigenvalue weighted by Gasteiger charge is -2.42. The summed E-state index contributed by atoms with van der Waals surface area (Å²) < 4.78 is 0. The Hall–Kier alpha value is -0.0800. The molecule has 2 fully saturated rings. The summed E-state index contributed by atoms with van der Waals surface area (Å²) in [5, 5.41) is 0. The van der Waals surface area contributed by atoms with Crippen LogP contribution >= 0.6 is 0 Å². The maximum Gasteiger partial charge on any atom is 0.0124 e. The van der Waals surface area contributed by atoms with E-state index in [1.165, 1.54) is 32.2 Å². The first-order valence-corrected chi connectivity index (χ1v) is 6.04. The highest BCUT2D eigenvalue weighted by Crippen LogP contribution is 2.50.